The van der Waals surface area contributed by atoms with Crippen LogP contribution >= 0.6 is 0 Å². The predicted octanol–water partition coefficient (Wildman–Crippen LogP) is 6.70. The molecule has 5 nitrogen and oxygen atoms in total. The number of benzene rings is 2. The molecule has 0 aromatic heterocycles. The Hall–Kier alpha value is -2.53. The van der Waals surface area contributed by atoms with Gasteiger partial charge in [0.05, 0.1) is 18.3 Å². The molecule has 0 saturated carbocycles. The second kappa shape index (κ2) is 9.53. The third-order valence-corrected chi connectivity index (χ3v) is 5.63. The Labute approximate surface area is 192 Å². The van der Waals surface area contributed by atoms with E-state index in [0.29, 0.717) is 0 Å². The fourth-order valence-electron chi connectivity index (χ4n) is 4.49. The number of aryl methyl sites for hydroxylation is 2. The molecule has 1 aliphatic heterocycles. The van der Waals surface area contributed by atoms with Gasteiger partial charge in [0, 0.05) is 11.7 Å². The number of amides is 2. The molecule has 2 aromatic carbocycles. The topological polar surface area (TPSA) is 59.6 Å². The van der Waals surface area contributed by atoms with E-state index in [1.54, 1.807) is 0 Å². The number of urea groups is 1. The average Bonchev–Trinajstić information content (AvgIpc) is 2.67. The van der Waals surface area contributed by atoms with Crippen LogP contribution < -0.4 is 15.4 Å². The fraction of sp³-hybridized carbons (Fsp3) is 0.519. The molecule has 2 amide bonds. The molecule has 0 saturated heterocycles. The number of hydrogen-bond donors (Lipinski definition) is 2. The molecule has 1 aliphatic rings. The first-order chi connectivity index (χ1) is 15.0. The van der Waals surface area contributed by atoms with Crippen molar-refractivity contribution < 1.29 is 14.3 Å². The molecule has 0 aliphatic carbocycles. The summed E-state index contributed by atoms with van der Waals surface area (Å²) in [5, 5.41) is 5.95. The van der Waals surface area contributed by atoms with E-state index in [9.17, 15) is 4.79 Å². The number of carbonyl (C=O) groups excluding carboxylic acids is 1. The van der Waals surface area contributed by atoms with Crippen LogP contribution in [-0.4, -0.2) is 24.3 Å². The predicted molar refractivity (Wildman–Crippen MR) is 132 cm³/mol. The van der Waals surface area contributed by atoms with Gasteiger partial charge in [0.2, 0.25) is 0 Å². The van der Waals surface area contributed by atoms with E-state index in [1.165, 1.54) is 11.1 Å². The maximum Gasteiger partial charge on any atom is 0.319 e. The smallest absolute Gasteiger partial charge is 0.319 e. The molecule has 2 N–H and O–H groups in total. The first-order valence-corrected chi connectivity index (χ1v) is 11.6. The molecule has 0 bridgehead atoms. The van der Waals surface area contributed by atoms with Crippen molar-refractivity contribution in [2.24, 2.45) is 0 Å². The van der Waals surface area contributed by atoms with Crippen molar-refractivity contribution >= 4 is 11.7 Å². The van der Waals surface area contributed by atoms with Gasteiger partial charge in [0.25, 0.3) is 0 Å². The first kappa shape index (κ1) is 24.1. The lowest BCUT2D eigenvalue weighted by molar-refractivity contribution is -0.0529. The van der Waals surface area contributed by atoms with Crippen LogP contribution in [0.25, 0.3) is 11.1 Å². The van der Waals surface area contributed by atoms with E-state index >= 15 is 0 Å². The van der Waals surface area contributed by atoms with E-state index in [0.717, 1.165) is 53.1 Å². The van der Waals surface area contributed by atoms with Gasteiger partial charge in [-0.25, -0.2) is 4.79 Å². The summed E-state index contributed by atoms with van der Waals surface area (Å²) in [6.45, 7) is 17.1. The summed E-state index contributed by atoms with van der Waals surface area (Å²) in [6, 6.07) is 8.40. The van der Waals surface area contributed by atoms with Crippen molar-refractivity contribution in [3.05, 3.63) is 46.5 Å². The summed E-state index contributed by atoms with van der Waals surface area (Å²) in [6.07, 6.45) is 1.92. The van der Waals surface area contributed by atoms with Gasteiger partial charge >= 0.3 is 6.03 Å². The number of nitrogens with one attached hydrogen (secondary N) is 2. The van der Waals surface area contributed by atoms with E-state index in [1.807, 2.05) is 13.8 Å². The summed E-state index contributed by atoms with van der Waals surface area (Å²) in [5.74, 6) is 0.985. The van der Waals surface area contributed by atoms with E-state index < -0.39 is 0 Å². The van der Waals surface area contributed by atoms with Crippen LogP contribution in [0.3, 0.4) is 0 Å². The molecule has 2 aromatic rings. The minimum absolute atomic E-state index is 0.0657. The van der Waals surface area contributed by atoms with Gasteiger partial charge in [0.1, 0.15) is 5.75 Å². The molecule has 0 spiro atoms. The summed E-state index contributed by atoms with van der Waals surface area (Å²) in [4.78, 5) is 12.4. The van der Waals surface area contributed by atoms with E-state index in [-0.39, 0.29) is 23.8 Å². The number of anilines is 1. The van der Waals surface area contributed by atoms with Crippen molar-refractivity contribution in [2.75, 3.05) is 11.9 Å². The Morgan fingerprint density at radius 2 is 1.84 bits per heavy atom. The molecule has 1 atom stereocenters. The van der Waals surface area contributed by atoms with Crippen molar-refractivity contribution in [1.82, 2.24) is 5.32 Å². The normalized spacial score (nSPS) is 14.5. The highest BCUT2D eigenvalue weighted by Gasteiger charge is 2.25. The van der Waals surface area contributed by atoms with Gasteiger partial charge in [0.15, 0.2) is 0 Å². The molecule has 1 heterocycles. The zero-order valence-electron chi connectivity index (χ0n) is 20.8. The highest BCUT2D eigenvalue weighted by Crippen LogP contribution is 2.41. The number of rotatable bonds is 5. The third-order valence-electron chi connectivity index (χ3n) is 5.63. The Kier molecular flexibility index (Phi) is 7.19. The maximum absolute atomic E-state index is 12.4. The zero-order valence-corrected chi connectivity index (χ0v) is 20.8. The minimum Gasteiger partial charge on any atom is -0.493 e. The summed E-state index contributed by atoms with van der Waals surface area (Å²) in [7, 11) is 0. The van der Waals surface area contributed by atoms with Crippen LogP contribution in [0.2, 0.25) is 0 Å². The standard InChI is InChI=1S/C27H38N2O3/c1-16(2)28-26(30)29-22-14-17(3)24(25(18(22)4)19(5)32-27(6,7)8)21-11-12-23-20(15-21)10-9-13-31-23/h11-12,14-16,19H,9-10,13H2,1-8H3,(H2,28,29,30). The Balaban J connectivity index is 2.13. The lowest BCUT2D eigenvalue weighted by Gasteiger charge is -2.30. The van der Waals surface area contributed by atoms with Gasteiger partial charge in [-0.05, 0) is 120 Å². The van der Waals surface area contributed by atoms with E-state index in [4.69, 9.17) is 9.47 Å². The summed E-state index contributed by atoms with van der Waals surface area (Å²) in [5.41, 5.74) is 7.33. The lowest BCUT2D eigenvalue weighted by Crippen LogP contribution is -2.34. The highest BCUT2D eigenvalue weighted by molar-refractivity contribution is 5.92. The molecule has 0 radical (unpaired) electrons. The highest BCUT2D eigenvalue weighted by atomic mass is 16.5. The second-order valence-electron chi connectivity index (χ2n) is 10.1. The summed E-state index contributed by atoms with van der Waals surface area (Å²) >= 11 is 0. The average molecular weight is 439 g/mol. The fourth-order valence-corrected chi connectivity index (χ4v) is 4.49. The van der Waals surface area contributed by atoms with E-state index in [2.05, 4.69) is 76.4 Å². The van der Waals surface area contributed by atoms with Crippen LogP contribution in [0.5, 0.6) is 5.75 Å². The Morgan fingerprint density at radius 3 is 2.50 bits per heavy atom. The maximum atomic E-state index is 12.4. The zero-order chi connectivity index (χ0) is 23.6. The van der Waals surface area contributed by atoms with Gasteiger partial charge in [-0.3, -0.25) is 0 Å². The third kappa shape index (κ3) is 5.63. The molecule has 3 rings (SSSR count). The quantitative estimate of drug-likeness (QED) is 0.546. The number of fused-ring (bicyclic) bond motifs is 1. The number of hydrogen-bond acceptors (Lipinski definition) is 3. The molecular formula is C27H38N2O3. The van der Waals surface area contributed by atoms with Crippen LogP contribution in [0.1, 0.15) is 76.3 Å². The number of ether oxygens (including phenoxy) is 2. The van der Waals surface area contributed by atoms with Crippen molar-refractivity contribution in [2.45, 2.75) is 86.0 Å². The second-order valence-corrected chi connectivity index (χ2v) is 10.1. The Morgan fingerprint density at radius 1 is 1.12 bits per heavy atom. The molecule has 1 unspecified atom stereocenters. The van der Waals surface area contributed by atoms with Crippen LogP contribution in [0.15, 0.2) is 24.3 Å². The first-order valence-electron chi connectivity index (χ1n) is 11.6. The van der Waals surface area contributed by atoms with Crippen LogP contribution in [0, 0.1) is 13.8 Å². The number of carbonyl (C=O) groups is 1. The van der Waals surface area contributed by atoms with Gasteiger partial charge in [-0.1, -0.05) is 6.07 Å². The van der Waals surface area contributed by atoms with Crippen molar-refractivity contribution in [3.8, 4) is 16.9 Å². The monoisotopic (exact) mass is 438 g/mol. The van der Waals surface area contributed by atoms with Gasteiger partial charge < -0.3 is 20.1 Å². The molecule has 0 fully saturated rings. The molecular weight excluding hydrogens is 400 g/mol. The van der Waals surface area contributed by atoms with Crippen LogP contribution in [0.4, 0.5) is 10.5 Å². The summed E-state index contributed by atoms with van der Waals surface area (Å²) < 4.78 is 12.2. The molecule has 5 heteroatoms. The molecule has 174 valence electrons. The van der Waals surface area contributed by atoms with Crippen molar-refractivity contribution in [3.63, 3.8) is 0 Å². The van der Waals surface area contributed by atoms with Gasteiger partial charge in [-0.15, -0.1) is 0 Å². The SMILES string of the molecule is Cc1cc(NC(=O)NC(C)C)c(C)c(C(C)OC(C)(C)C)c1-c1ccc2c(c1)CCCO2. The van der Waals surface area contributed by atoms with Crippen molar-refractivity contribution in [1.29, 1.82) is 0 Å². The largest absolute Gasteiger partial charge is 0.493 e. The van der Waals surface area contributed by atoms with Crippen LogP contribution in [-0.2, 0) is 11.2 Å². The Bertz CT molecular complexity index is 989. The molecule has 32 heavy (non-hydrogen) atoms. The van der Waals surface area contributed by atoms with Gasteiger partial charge in [-0.2, -0.15) is 0 Å². The lowest BCUT2D eigenvalue weighted by atomic mass is 9.86. The minimum atomic E-state index is -0.292.